The molecule has 4 N–H and O–H groups in total. The predicted octanol–water partition coefficient (Wildman–Crippen LogP) is 2.65. The number of rotatable bonds is 6. The van der Waals surface area contributed by atoms with Gasteiger partial charge in [0.25, 0.3) is 5.91 Å². The van der Waals surface area contributed by atoms with Crippen LogP contribution in [0.3, 0.4) is 0 Å². The molecule has 156 valence electrons. The molecule has 0 saturated carbocycles. The van der Waals surface area contributed by atoms with Gasteiger partial charge in [-0.2, -0.15) is 0 Å². The Morgan fingerprint density at radius 2 is 1.90 bits per heavy atom. The highest BCUT2D eigenvalue weighted by molar-refractivity contribution is 8.18. The summed E-state index contributed by atoms with van der Waals surface area (Å²) in [5.74, 6) is -1.61. The summed E-state index contributed by atoms with van der Waals surface area (Å²) in [6.45, 7) is 0.0492. The second-order valence-electron chi connectivity index (χ2n) is 6.91. The van der Waals surface area contributed by atoms with Crippen LogP contribution in [0.5, 0.6) is 0 Å². The number of nitrogens with two attached hydrogens (primary N) is 1. The van der Waals surface area contributed by atoms with E-state index in [2.05, 4.69) is 10.3 Å². The van der Waals surface area contributed by atoms with E-state index in [0.29, 0.717) is 21.3 Å². The average molecular weight is 434 g/mol. The summed E-state index contributed by atoms with van der Waals surface area (Å²) in [6.07, 6.45) is 3.50. The molecule has 1 aliphatic rings. The zero-order valence-corrected chi connectivity index (χ0v) is 17.1. The van der Waals surface area contributed by atoms with E-state index < -0.39 is 11.9 Å². The van der Waals surface area contributed by atoms with Gasteiger partial charge in [0.1, 0.15) is 6.54 Å². The first-order valence-electron chi connectivity index (χ1n) is 9.35. The standard InChI is InChI=1S/C22H18N4O4S/c23-19(27)12-26-11-14(16-3-1-2-4-17(16)26)10-18-21(30)25-22(31-18)24-15-7-5-13(6-8-15)9-20(28)29/h1-8,10-11H,9,12H2,(H2,23,27)(H,28,29)(H,24,25,30)/b18-10+. The van der Waals surface area contributed by atoms with Crippen LogP contribution in [0, 0.1) is 0 Å². The van der Waals surface area contributed by atoms with Gasteiger partial charge in [0.15, 0.2) is 5.17 Å². The lowest BCUT2D eigenvalue weighted by atomic mass is 10.1. The number of thioether (sulfide) groups is 1. The number of hydrogen-bond acceptors (Lipinski definition) is 5. The normalized spacial score (nSPS) is 16.2. The van der Waals surface area contributed by atoms with Gasteiger partial charge in [0.2, 0.25) is 5.91 Å². The molecule has 2 heterocycles. The maximum Gasteiger partial charge on any atom is 0.307 e. The lowest BCUT2D eigenvalue weighted by Gasteiger charge is -2.00. The van der Waals surface area contributed by atoms with E-state index in [1.54, 1.807) is 41.1 Å². The summed E-state index contributed by atoms with van der Waals surface area (Å²) in [6, 6.07) is 14.4. The number of amides is 2. The molecule has 1 saturated heterocycles. The number of nitrogens with zero attached hydrogens (tertiary/aromatic N) is 2. The quantitative estimate of drug-likeness (QED) is 0.514. The van der Waals surface area contributed by atoms with Crippen LogP contribution in [0.15, 0.2) is 64.6 Å². The molecule has 3 aromatic rings. The molecule has 2 amide bonds. The van der Waals surface area contributed by atoms with Crippen LogP contribution in [0.25, 0.3) is 17.0 Å². The van der Waals surface area contributed by atoms with Gasteiger partial charge in [-0.1, -0.05) is 30.3 Å². The number of carbonyl (C=O) groups excluding carboxylic acids is 2. The third-order valence-corrected chi connectivity index (χ3v) is 5.52. The number of aromatic nitrogens is 1. The highest BCUT2D eigenvalue weighted by atomic mass is 32.2. The topological polar surface area (TPSA) is 127 Å². The number of amidine groups is 1. The zero-order valence-electron chi connectivity index (χ0n) is 16.2. The molecule has 2 aromatic carbocycles. The molecule has 1 aromatic heterocycles. The minimum atomic E-state index is -0.898. The molecule has 9 heteroatoms. The Balaban J connectivity index is 1.59. The van der Waals surface area contributed by atoms with Gasteiger partial charge in [-0.25, -0.2) is 4.99 Å². The van der Waals surface area contributed by atoms with Crippen molar-refractivity contribution in [3.05, 3.63) is 70.8 Å². The van der Waals surface area contributed by atoms with Crippen molar-refractivity contribution in [2.75, 3.05) is 0 Å². The number of hydrogen-bond donors (Lipinski definition) is 3. The first-order chi connectivity index (χ1) is 14.9. The number of benzene rings is 2. The fourth-order valence-electron chi connectivity index (χ4n) is 3.29. The highest BCUT2D eigenvalue weighted by Gasteiger charge is 2.24. The summed E-state index contributed by atoms with van der Waals surface area (Å²) in [5, 5.41) is 12.9. The molecule has 0 unspecified atom stereocenters. The van der Waals surface area contributed by atoms with E-state index in [0.717, 1.165) is 16.5 Å². The van der Waals surface area contributed by atoms with Gasteiger partial charge in [-0.05, 0) is 41.6 Å². The molecule has 0 atom stereocenters. The third-order valence-electron chi connectivity index (χ3n) is 4.61. The highest BCUT2D eigenvalue weighted by Crippen LogP contribution is 2.31. The van der Waals surface area contributed by atoms with Gasteiger partial charge in [0, 0.05) is 22.7 Å². The van der Waals surface area contributed by atoms with Crippen molar-refractivity contribution in [2.45, 2.75) is 13.0 Å². The maximum absolute atomic E-state index is 12.4. The fraction of sp³-hybridized carbons (Fsp3) is 0.0909. The number of nitrogens with one attached hydrogen (secondary N) is 1. The average Bonchev–Trinajstić information content (AvgIpc) is 3.23. The van der Waals surface area contributed by atoms with E-state index in [9.17, 15) is 14.4 Å². The number of para-hydroxylation sites is 1. The second kappa shape index (κ2) is 8.49. The van der Waals surface area contributed by atoms with Crippen LogP contribution in [0.2, 0.25) is 0 Å². The number of fused-ring (bicyclic) bond motifs is 1. The maximum atomic E-state index is 12.4. The summed E-state index contributed by atoms with van der Waals surface area (Å²) in [4.78, 5) is 39.5. The van der Waals surface area contributed by atoms with Crippen LogP contribution in [0.4, 0.5) is 5.69 Å². The molecule has 0 spiro atoms. The molecule has 0 radical (unpaired) electrons. The molecule has 1 aliphatic heterocycles. The van der Waals surface area contributed by atoms with Crippen molar-refractivity contribution in [3.8, 4) is 0 Å². The number of aliphatic carboxylic acids is 1. The number of aliphatic imine (C=N–C) groups is 1. The van der Waals surface area contributed by atoms with Crippen molar-refractivity contribution in [1.82, 2.24) is 9.88 Å². The van der Waals surface area contributed by atoms with Crippen LogP contribution in [0.1, 0.15) is 11.1 Å². The van der Waals surface area contributed by atoms with Gasteiger partial charge in [0.05, 0.1) is 17.0 Å². The Kier molecular flexibility index (Phi) is 5.59. The first kappa shape index (κ1) is 20.4. The largest absolute Gasteiger partial charge is 0.481 e. The molecule has 4 rings (SSSR count). The summed E-state index contributed by atoms with van der Waals surface area (Å²) in [5.41, 5.74) is 8.28. The molecular formula is C22H18N4O4S. The Bertz CT molecular complexity index is 1260. The molecule has 31 heavy (non-hydrogen) atoms. The van der Waals surface area contributed by atoms with Crippen molar-refractivity contribution in [3.63, 3.8) is 0 Å². The summed E-state index contributed by atoms with van der Waals surface area (Å²) in [7, 11) is 0. The first-order valence-corrected chi connectivity index (χ1v) is 10.2. The van der Waals surface area contributed by atoms with E-state index in [1.807, 2.05) is 24.3 Å². The summed E-state index contributed by atoms with van der Waals surface area (Å²) < 4.78 is 1.76. The summed E-state index contributed by atoms with van der Waals surface area (Å²) >= 11 is 1.21. The second-order valence-corrected chi connectivity index (χ2v) is 7.95. The smallest absolute Gasteiger partial charge is 0.307 e. The van der Waals surface area contributed by atoms with Gasteiger partial charge in [-0.3, -0.25) is 14.4 Å². The van der Waals surface area contributed by atoms with Crippen LogP contribution < -0.4 is 11.1 Å². The van der Waals surface area contributed by atoms with Gasteiger partial charge in [-0.15, -0.1) is 0 Å². The number of carboxylic acids is 1. The van der Waals surface area contributed by atoms with E-state index >= 15 is 0 Å². The zero-order chi connectivity index (χ0) is 22.0. The SMILES string of the molecule is NC(=O)Cn1cc(/C=C2/SC(=Nc3ccc(CC(=O)O)cc3)NC2=O)c2ccccc21. The Hall–Kier alpha value is -3.85. The number of carbonyl (C=O) groups is 3. The predicted molar refractivity (Wildman–Crippen MR) is 120 cm³/mol. The van der Waals surface area contributed by atoms with Crippen molar-refractivity contribution in [1.29, 1.82) is 0 Å². The number of primary amides is 1. The van der Waals surface area contributed by atoms with E-state index in [1.165, 1.54) is 11.8 Å². The Morgan fingerprint density at radius 3 is 2.61 bits per heavy atom. The van der Waals surface area contributed by atoms with Crippen molar-refractivity contribution in [2.24, 2.45) is 10.7 Å². The Labute approximate surface area is 181 Å². The molecular weight excluding hydrogens is 416 g/mol. The van der Waals surface area contributed by atoms with E-state index in [4.69, 9.17) is 10.8 Å². The lowest BCUT2D eigenvalue weighted by molar-refractivity contribution is -0.136. The molecule has 0 aliphatic carbocycles. The fourth-order valence-corrected chi connectivity index (χ4v) is 4.12. The number of carboxylic acid groups (broad SMARTS) is 1. The van der Waals surface area contributed by atoms with Crippen molar-refractivity contribution >= 4 is 57.4 Å². The molecule has 8 nitrogen and oxygen atoms in total. The monoisotopic (exact) mass is 434 g/mol. The minimum absolute atomic E-state index is 0.0492. The third kappa shape index (κ3) is 4.67. The van der Waals surface area contributed by atoms with Gasteiger partial charge < -0.3 is 20.7 Å². The lowest BCUT2D eigenvalue weighted by Crippen LogP contribution is -2.19. The van der Waals surface area contributed by atoms with Crippen LogP contribution in [-0.4, -0.2) is 32.6 Å². The van der Waals surface area contributed by atoms with Gasteiger partial charge >= 0.3 is 5.97 Å². The van der Waals surface area contributed by atoms with Crippen LogP contribution in [-0.2, 0) is 27.3 Å². The molecule has 0 bridgehead atoms. The van der Waals surface area contributed by atoms with Crippen LogP contribution >= 0.6 is 11.8 Å². The molecule has 1 fully saturated rings. The minimum Gasteiger partial charge on any atom is -0.481 e. The van der Waals surface area contributed by atoms with E-state index in [-0.39, 0.29) is 18.9 Å². The Morgan fingerprint density at radius 1 is 1.16 bits per heavy atom. The van der Waals surface area contributed by atoms with Crippen molar-refractivity contribution < 1.29 is 19.5 Å².